The van der Waals surface area contributed by atoms with Gasteiger partial charge in [0, 0.05) is 7.05 Å². The lowest BCUT2D eigenvalue weighted by atomic mass is 10.3. The van der Waals surface area contributed by atoms with Gasteiger partial charge in [0.1, 0.15) is 12.9 Å². The summed E-state index contributed by atoms with van der Waals surface area (Å²) < 4.78 is 63.0. The average Bonchev–Trinajstić information content (AvgIpc) is 3.07. The fourth-order valence-corrected chi connectivity index (χ4v) is 2.96. The largest absolute Gasteiger partial charge is 0.405 e. The lowest BCUT2D eigenvalue weighted by Crippen LogP contribution is -2.41. The summed E-state index contributed by atoms with van der Waals surface area (Å²) in [4.78, 5) is 11.3. The Hall–Kier alpha value is -2.54. The Morgan fingerprint density at radius 2 is 2.08 bits per heavy atom. The van der Waals surface area contributed by atoms with Gasteiger partial charge in [-0.15, -0.1) is 5.10 Å². The van der Waals surface area contributed by atoms with Crippen LogP contribution in [-0.2, 0) is 14.8 Å². The van der Waals surface area contributed by atoms with E-state index >= 15 is 0 Å². The third-order valence-corrected chi connectivity index (χ3v) is 4.79. The van der Waals surface area contributed by atoms with E-state index in [1.807, 2.05) is 0 Å². The van der Waals surface area contributed by atoms with E-state index in [4.69, 9.17) is 0 Å². The maximum Gasteiger partial charge on any atom is 0.405 e. The minimum atomic E-state index is -4.58. The molecule has 0 bridgehead atoms. The molecule has 136 valence electrons. The zero-order valence-electron chi connectivity index (χ0n) is 12.8. The van der Waals surface area contributed by atoms with E-state index in [1.165, 1.54) is 29.2 Å². The van der Waals surface area contributed by atoms with E-state index in [0.717, 1.165) is 7.05 Å². The second kappa shape index (κ2) is 7.14. The van der Waals surface area contributed by atoms with Gasteiger partial charge in [-0.05, 0) is 28.6 Å². The van der Waals surface area contributed by atoms with Crippen LogP contribution in [0.1, 0.15) is 0 Å². The second-order valence-corrected chi connectivity index (χ2v) is 6.95. The molecule has 1 N–H and O–H groups in total. The SMILES string of the molecule is CN(CC(=O)NCC(F)(F)F)S(=O)(=O)c1cccc(-n2cnnn2)c1. The Bertz CT molecular complexity index is 838. The van der Waals surface area contributed by atoms with Crippen molar-refractivity contribution in [2.24, 2.45) is 0 Å². The number of rotatable bonds is 6. The molecule has 1 amide bonds. The van der Waals surface area contributed by atoms with E-state index in [2.05, 4.69) is 15.5 Å². The molecule has 9 nitrogen and oxygen atoms in total. The molecule has 0 radical (unpaired) electrons. The van der Waals surface area contributed by atoms with E-state index in [1.54, 1.807) is 11.4 Å². The van der Waals surface area contributed by atoms with Crippen molar-refractivity contribution in [3.8, 4) is 5.69 Å². The smallest absolute Gasteiger partial charge is 0.346 e. The number of nitrogens with zero attached hydrogens (tertiary/aromatic N) is 5. The summed E-state index contributed by atoms with van der Waals surface area (Å²) in [6.45, 7) is -2.29. The van der Waals surface area contributed by atoms with Crippen molar-refractivity contribution in [1.29, 1.82) is 0 Å². The average molecular weight is 378 g/mol. The summed E-state index contributed by atoms with van der Waals surface area (Å²) in [5, 5.41) is 12.1. The van der Waals surface area contributed by atoms with Gasteiger partial charge >= 0.3 is 6.18 Å². The molecule has 2 rings (SSSR count). The first-order chi connectivity index (χ1) is 11.6. The topological polar surface area (TPSA) is 110 Å². The highest BCUT2D eigenvalue weighted by Crippen LogP contribution is 2.17. The molecule has 13 heteroatoms. The highest BCUT2D eigenvalue weighted by atomic mass is 32.2. The molecule has 1 aromatic heterocycles. The van der Waals surface area contributed by atoms with Crippen molar-refractivity contribution in [2.75, 3.05) is 20.1 Å². The number of sulfonamides is 1. The minimum Gasteiger partial charge on any atom is -0.346 e. The van der Waals surface area contributed by atoms with Gasteiger partial charge in [0.25, 0.3) is 0 Å². The van der Waals surface area contributed by atoms with Crippen LogP contribution >= 0.6 is 0 Å². The van der Waals surface area contributed by atoms with Gasteiger partial charge in [-0.1, -0.05) is 6.07 Å². The van der Waals surface area contributed by atoms with Gasteiger partial charge in [-0.3, -0.25) is 4.79 Å². The van der Waals surface area contributed by atoms with Crippen molar-refractivity contribution in [1.82, 2.24) is 29.8 Å². The Kier molecular flexibility index (Phi) is 5.37. The summed E-state index contributed by atoms with van der Waals surface area (Å²) in [5.74, 6) is -1.07. The van der Waals surface area contributed by atoms with Gasteiger partial charge < -0.3 is 5.32 Å². The Morgan fingerprint density at radius 1 is 1.36 bits per heavy atom. The zero-order chi connectivity index (χ0) is 18.7. The van der Waals surface area contributed by atoms with Gasteiger partial charge in [0.15, 0.2) is 0 Å². The number of tetrazole rings is 1. The molecule has 0 aliphatic rings. The van der Waals surface area contributed by atoms with Crippen molar-refractivity contribution < 1.29 is 26.4 Å². The number of hydrogen-bond donors (Lipinski definition) is 1. The van der Waals surface area contributed by atoms with Gasteiger partial charge in [0.05, 0.1) is 17.1 Å². The minimum absolute atomic E-state index is 0.161. The number of aromatic nitrogens is 4. The molecule has 0 aliphatic heterocycles. The van der Waals surface area contributed by atoms with Crippen LogP contribution in [0.25, 0.3) is 5.69 Å². The summed E-state index contributed by atoms with van der Waals surface area (Å²) in [5.41, 5.74) is 0.362. The third-order valence-electron chi connectivity index (χ3n) is 2.99. The number of amides is 1. The lowest BCUT2D eigenvalue weighted by molar-refractivity contribution is -0.138. The zero-order valence-corrected chi connectivity index (χ0v) is 13.6. The van der Waals surface area contributed by atoms with Crippen LogP contribution in [0.2, 0.25) is 0 Å². The van der Waals surface area contributed by atoms with Crippen LogP contribution in [0.3, 0.4) is 0 Å². The molecule has 0 saturated carbocycles. The predicted octanol–water partition coefficient (Wildman–Crippen LogP) is -0.0387. The van der Waals surface area contributed by atoms with Crippen molar-refractivity contribution in [3.05, 3.63) is 30.6 Å². The van der Waals surface area contributed by atoms with Crippen LogP contribution in [0, 0.1) is 0 Å². The standard InChI is InChI=1S/C12H13F3N6O3S/c1-20(6-11(22)16-7-12(13,14)15)25(23,24)10-4-2-3-9(5-10)21-8-17-18-19-21/h2-5,8H,6-7H2,1H3,(H,16,22). The first-order valence-corrected chi connectivity index (χ1v) is 8.17. The van der Waals surface area contributed by atoms with Gasteiger partial charge in [0.2, 0.25) is 15.9 Å². The normalized spacial score (nSPS) is 12.4. The first-order valence-electron chi connectivity index (χ1n) is 6.73. The molecule has 0 atom stereocenters. The Morgan fingerprint density at radius 3 is 2.68 bits per heavy atom. The number of hydrogen-bond acceptors (Lipinski definition) is 6. The lowest BCUT2D eigenvalue weighted by Gasteiger charge is -2.17. The van der Waals surface area contributed by atoms with Gasteiger partial charge in [-0.25, -0.2) is 13.1 Å². The first kappa shape index (κ1) is 18.8. The van der Waals surface area contributed by atoms with E-state index in [9.17, 15) is 26.4 Å². The molecular weight excluding hydrogens is 365 g/mol. The Balaban J connectivity index is 2.12. The number of carbonyl (C=O) groups excluding carboxylic acids is 1. The van der Waals surface area contributed by atoms with Crippen molar-refractivity contribution in [2.45, 2.75) is 11.1 Å². The number of nitrogens with one attached hydrogen (secondary N) is 1. The van der Waals surface area contributed by atoms with E-state index < -0.39 is 35.2 Å². The van der Waals surface area contributed by atoms with Crippen LogP contribution in [0.4, 0.5) is 13.2 Å². The molecule has 0 fully saturated rings. The molecule has 1 aromatic carbocycles. The molecule has 2 aromatic rings. The highest BCUT2D eigenvalue weighted by Gasteiger charge is 2.29. The summed E-state index contributed by atoms with van der Waals surface area (Å²) in [7, 11) is -3.00. The van der Waals surface area contributed by atoms with Crippen molar-refractivity contribution >= 4 is 15.9 Å². The number of alkyl halides is 3. The van der Waals surface area contributed by atoms with E-state index in [-0.39, 0.29) is 4.90 Å². The molecule has 0 saturated heterocycles. The highest BCUT2D eigenvalue weighted by molar-refractivity contribution is 7.89. The van der Waals surface area contributed by atoms with Crippen LogP contribution in [0.5, 0.6) is 0 Å². The maximum atomic E-state index is 12.5. The van der Waals surface area contributed by atoms with Crippen molar-refractivity contribution in [3.63, 3.8) is 0 Å². The monoisotopic (exact) mass is 378 g/mol. The fraction of sp³-hybridized carbons (Fsp3) is 0.333. The van der Waals surface area contributed by atoms with Crippen LogP contribution < -0.4 is 5.32 Å². The number of halogens is 3. The summed E-state index contributed by atoms with van der Waals surface area (Å²) in [6.07, 6.45) is -3.31. The predicted molar refractivity (Wildman–Crippen MR) is 78.0 cm³/mol. The quantitative estimate of drug-likeness (QED) is 0.755. The fourth-order valence-electron chi connectivity index (χ4n) is 1.79. The molecule has 0 aliphatic carbocycles. The summed E-state index contributed by atoms with van der Waals surface area (Å²) >= 11 is 0. The summed E-state index contributed by atoms with van der Waals surface area (Å²) in [6, 6.07) is 5.57. The molecule has 1 heterocycles. The second-order valence-electron chi connectivity index (χ2n) is 4.90. The van der Waals surface area contributed by atoms with Crippen LogP contribution in [-0.4, -0.2) is 65.2 Å². The number of benzene rings is 1. The van der Waals surface area contributed by atoms with Crippen LogP contribution in [0.15, 0.2) is 35.5 Å². The molecular formula is C12H13F3N6O3S. The molecule has 25 heavy (non-hydrogen) atoms. The number of likely N-dealkylation sites (N-methyl/N-ethyl adjacent to an activating group) is 1. The molecule has 0 spiro atoms. The number of carbonyl (C=O) groups is 1. The van der Waals surface area contributed by atoms with Gasteiger partial charge in [-0.2, -0.15) is 17.5 Å². The maximum absolute atomic E-state index is 12.5. The Labute approximate surface area is 140 Å². The third kappa shape index (κ3) is 4.96. The molecule has 0 unspecified atom stereocenters. The van der Waals surface area contributed by atoms with E-state index in [0.29, 0.717) is 9.99 Å².